The maximum absolute atomic E-state index is 11.3. The number of rotatable bonds is 3. The molecule has 1 aromatic carbocycles. The number of para-hydroxylation sites is 1. The zero-order chi connectivity index (χ0) is 15.2. The van der Waals surface area contributed by atoms with Crippen molar-refractivity contribution in [2.45, 2.75) is 6.92 Å². The molecule has 0 aliphatic heterocycles. The number of ether oxygens (including phenoxy) is 1. The van der Waals surface area contributed by atoms with E-state index in [-0.39, 0.29) is 16.6 Å². The molecule has 0 aliphatic carbocycles. The molecule has 0 amide bonds. The molecule has 0 saturated carbocycles. The summed E-state index contributed by atoms with van der Waals surface area (Å²) < 4.78 is 5.21. The first-order chi connectivity index (χ1) is 10.1. The smallest absolute Gasteiger partial charge is 0.252 e. The second-order valence-corrected chi connectivity index (χ2v) is 4.55. The van der Waals surface area contributed by atoms with Gasteiger partial charge in [-0.15, -0.1) is 0 Å². The molecule has 0 fully saturated rings. The second-order valence-electron chi connectivity index (χ2n) is 4.17. The van der Waals surface area contributed by atoms with Gasteiger partial charge in [-0.1, -0.05) is 12.1 Å². The largest absolute Gasteiger partial charge is 0.496 e. The Hall–Kier alpha value is -2.54. The topological polar surface area (TPSA) is 79.4 Å². The summed E-state index contributed by atoms with van der Waals surface area (Å²) in [4.78, 5) is 22.1. The molecule has 21 heavy (non-hydrogen) atoms. The predicted octanol–water partition coefficient (Wildman–Crippen LogP) is 1.90. The number of benzene rings is 1. The van der Waals surface area contributed by atoms with Crippen LogP contribution in [0.25, 0.3) is 0 Å². The third-order valence-corrected chi connectivity index (χ3v) is 2.76. The maximum atomic E-state index is 11.3. The first kappa shape index (κ1) is 14.9. The van der Waals surface area contributed by atoms with E-state index in [2.05, 4.69) is 20.3 Å². The minimum atomic E-state index is -0.249. The van der Waals surface area contributed by atoms with Gasteiger partial charge in [-0.25, -0.2) is 9.98 Å². The summed E-state index contributed by atoms with van der Waals surface area (Å²) in [6.45, 7) is 1.72. The molecule has 0 spiro atoms. The van der Waals surface area contributed by atoms with Crippen molar-refractivity contribution in [2.24, 2.45) is 4.99 Å². The van der Waals surface area contributed by atoms with Gasteiger partial charge < -0.3 is 10.1 Å². The summed E-state index contributed by atoms with van der Waals surface area (Å²) in [6.07, 6.45) is 1.59. The third kappa shape index (κ3) is 4.22. The molecule has 1 heterocycles. The summed E-state index contributed by atoms with van der Waals surface area (Å²) in [6, 6.07) is 8.83. The Morgan fingerprint density at radius 2 is 2.24 bits per heavy atom. The van der Waals surface area contributed by atoms with E-state index in [1.165, 1.54) is 6.07 Å². The first-order valence-electron chi connectivity index (χ1n) is 6.14. The van der Waals surface area contributed by atoms with Crippen LogP contribution in [-0.2, 0) is 0 Å². The first-order valence-corrected chi connectivity index (χ1v) is 6.55. The molecule has 0 unspecified atom stereocenters. The SMILES string of the molecule is COc1ccccc1/C=N/C(=S)Nc1nc(C)cc(=O)[nH]1. The quantitative estimate of drug-likeness (QED) is 0.669. The fourth-order valence-electron chi connectivity index (χ4n) is 1.67. The number of hydrogen-bond donors (Lipinski definition) is 2. The zero-order valence-electron chi connectivity index (χ0n) is 11.6. The molecule has 6 nitrogen and oxygen atoms in total. The highest BCUT2D eigenvalue weighted by molar-refractivity contribution is 7.80. The average molecular weight is 302 g/mol. The molecule has 0 bridgehead atoms. The van der Waals surface area contributed by atoms with Gasteiger partial charge in [0.05, 0.1) is 7.11 Å². The van der Waals surface area contributed by atoms with Crippen molar-refractivity contribution in [1.29, 1.82) is 0 Å². The molecule has 0 saturated heterocycles. The fraction of sp³-hybridized carbons (Fsp3) is 0.143. The van der Waals surface area contributed by atoms with Crippen LogP contribution in [0.2, 0.25) is 0 Å². The highest BCUT2D eigenvalue weighted by Crippen LogP contribution is 2.14. The lowest BCUT2D eigenvalue weighted by Gasteiger charge is -2.04. The minimum absolute atomic E-state index is 0.189. The van der Waals surface area contributed by atoms with Gasteiger partial charge in [0.1, 0.15) is 5.75 Å². The Labute approximate surface area is 126 Å². The Balaban J connectivity index is 2.11. The van der Waals surface area contributed by atoms with Crippen LogP contribution >= 0.6 is 12.2 Å². The number of methoxy groups -OCH3 is 1. The molecule has 7 heteroatoms. The van der Waals surface area contributed by atoms with E-state index < -0.39 is 0 Å². The fourth-order valence-corrected chi connectivity index (χ4v) is 1.82. The van der Waals surface area contributed by atoms with E-state index in [1.54, 1.807) is 20.2 Å². The van der Waals surface area contributed by atoms with Crippen molar-refractivity contribution < 1.29 is 4.74 Å². The van der Waals surface area contributed by atoms with Crippen molar-refractivity contribution in [3.05, 3.63) is 51.9 Å². The maximum Gasteiger partial charge on any atom is 0.252 e. The van der Waals surface area contributed by atoms with E-state index in [4.69, 9.17) is 17.0 Å². The van der Waals surface area contributed by atoms with Gasteiger partial charge in [0.15, 0.2) is 5.11 Å². The van der Waals surface area contributed by atoms with Crippen LogP contribution < -0.4 is 15.6 Å². The number of nitrogens with one attached hydrogen (secondary N) is 2. The zero-order valence-corrected chi connectivity index (χ0v) is 12.4. The molecule has 1 aromatic heterocycles. The predicted molar refractivity (Wildman–Crippen MR) is 86.4 cm³/mol. The van der Waals surface area contributed by atoms with E-state index >= 15 is 0 Å². The molecular formula is C14H14N4O2S. The number of aromatic nitrogens is 2. The van der Waals surface area contributed by atoms with Crippen molar-refractivity contribution >= 4 is 29.5 Å². The van der Waals surface area contributed by atoms with Gasteiger partial charge in [0.25, 0.3) is 5.56 Å². The van der Waals surface area contributed by atoms with Gasteiger partial charge in [-0.3, -0.25) is 9.78 Å². The second kappa shape index (κ2) is 6.76. The number of H-pyrrole nitrogens is 1. The van der Waals surface area contributed by atoms with Gasteiger partial charge in [0.2, 0.25) is 5.95 Å². The number of hydrogen-bond acceptors (Lipinski definition) is 4. The van der Waals surface area contributed by atoms with Gasteiger partial charge >= 0.3 is 0 Å². The summed E-state index contributed by atoms with van der Waals surface area (Å²) in [7, 11) is 1.59. The Kier molecular flexibility index (Phi) is 4.78. The van der Waals surface area contributed by atoms with Crippen LogP contribution in [-0.4, -0.2) is 28.4 Å². The number of anilines is 1. The molecule has 2 aromatic rings. The number of aromatic amines is 1. The minimum Gasteiger partial charge on any atom is -0.496 e. The van der Waals surface area contributed by atoms with Crippen LogP contribution in [0.5, 0.6) is 5.75 Å². The van der Waals surface area contributed by atoms with Gasteiger partial charge in [-0.05, 0) is 31.3 Å². The number of nitrogens with zero attached hydrogens (tertiary/aromatic N) is 2. The summed E-state index contributed by atoms with van der Waals surface area (Å²) >= 11 is 5.09. The molecule has 2 N–H and O–H groups in total. The molecule has 0 aliphatic rings. The van der Waals surface area contributed by atoms with Gasteiger partial charge in [0, 0.05) is 23.5 Å². The lowest BCUT2D eigenvalue weighted by atomic mass is 10.2. The normalized spacial score (nSPS) is 10.6. The Bertz CT molecular complexity index is 740. The summed E-state index contributed by atoms with van der Waals surface area (Å²) in [5, 5.41) is 2.95. The lowest BCUT2D eigenvalue weighted by molar-refractivity contribution is 0.414. The van der Waals surface area contributed by atoms with E-state index in [1.807, 2.05) is 24.3 Å². The molecule has 2 rings (SSSR count). The molecule has 108 valence electrons. The lowest BCUT2D eigenvalue weighted by Crippen LogP contribution is -2.15. The van der Waals surface area contributed by atoms with Crippen LogP contribution in [0, 0.1) is 6.92 Å². The monoisotopic (exact) mass is 302 g/mol. The number of aryl methyl sites for hydroxylation is 1. The molecular weight excluding hydrogens is 288 g/mol. The number of aliphatic imine (C=N–C) groups is 1. The highest BCUT2D eigenvalue weighted by Gasteiger charge is 2.01. The molecule has 0 atom stereocenters. The summed E-state index contributed by atoms with van der Waals surface area (Å²) in [5.41, 5.74) is 1.15. The van der Waals surface area contributed by atoms with Crippen molar-refractivity contribution in [3.8, 4) is 5.75 Å². The van der Waals surface area contributed by atoms with Crippen LogP contribution in [0.4, 0.5) is 5.95 Å². The Morgan fingerprint density at radius 1 is 1.48 bits per heavy atom. The standard InChI is InChI=1S/C14H14N4O2S/c1-9-7-12(19)17-13(16-9)18-14(21)15-8-10-5-3-4-6-11(10)20-2/h3-8H,1-2H3,(H2,16,17,18,19,21)/b15-8+. The van der Waals surface area contributed by atoms with Crippen molar-refractivity contribution in [3.63, 3.8) is 0 Å². The van der Waals surface area contributed by atoms with Crippen LogP contribution in [0.1, 0.15) is 11.3 Å². The van der Waals surface area contributed by atoms with E-state index in [0.29, 0.717) is 11.4 Å². The van der Waals surface area contributed by atoms with E-state index in [0.717, 1.165) is 5.56 Å². The summed E-state index contributed by atoms with van der Waals surface area (Å²) in [5.74, 6) is 0.966. The van der Waals surface area contributed by atoms with Gasteiger partial charge in [-0.2, -0.15) is 0 Å². The highest BCUT2D eigenvalue weighted by atomic mass is 32.1. The Morgan fingerprint density at radius 3 is 2.95 bits per heavy atom. The molecule has 0 radical (unpaired) electrons. The average Bonchev–Trinajstić information content (AvgIpc) is 2.44. The van der Waals surface area contributed by atoms with Crippen molar-refractivity contribution in [1.82, 2.24) is 9.97 Å². The van der Waals surface area contributed by atoms with Crippen LogP contribution in [0.15, 0.2) is 40.1 Å². The number of thiocarbonyl (C=S) groups is 1. The van der Waals surface area contributed by atoms with Crippen LogP contribution in [0.3, 0.4) is 0 Å². The van der Waals surface area contributed by atoms with E-state index in [9.17, 15) is 4.79 Å². The third-order valence-electron chi connectivity index (χ3n) is 2.55. The van der Waals surface area contributed by atoms with Crippen molar-refractivity contribution in [2.75, 3.05) is 12.4 Å².